The van der Waals surface area contributed by atoms with Gasteiger partial charge < -0.3 is 10.6 Å². The molecule has 0 spiro atoms. The van der Waals surface area contributed by atoms with Gasteiger partial charge in [-0.15, -0.1) is 0 Å². The minimum absolute atomic E-state index is 0.0104. The lowest BCUT2D eigenvalue weighted by Gasteiger charge is -2.19. The van der Waals surface area contributed by atoms with E-state index >= 15 is 0 Å². The van der Waals surface area contributed by atoms with Gasteiger partial charge in [0.1, 0.15) is 5.69 Å². The number of nitrogens with two attached hydrogens (primary N) is 1. The zero-order valence-corrected chi connectivity index (χ0v) is 11.0. The van der Waals surface area contributed by atoms with E-state index in [1.807, 2.05) is 0 Å². The Balaban J connectivity index is 2.20. The molecule has 18 heavy (non-hydrogen) atoms. The number of hydrogen-bond acceptors (Lipinski definition) is 5. The lowest BCUT2D eigenvalue weighted by molar-refractivity contribution is 0.0758. The summed E-state index contributed by atoms with van der Waals surface area (Å²) < 4.78 is 24.4. The summed E-state index contributed by atoms with van der Waals surface area (Å²) in [6.07, 6.45) is 1.88. The highest BCUT2D eigenvalue weighted by atomic mass is 32.2. The summed E-state index contributed by atoms with van der Waals surface area (Å²) in [5.74, 6) is -0.113. The molecule has 1 aliphatic heterocycles. The Bertz CT molecular complexity index is 544. The number of carbonyl (C=O) groups is 1. The Morgan fingerprint density at radius 2 is 2.11 bits per heavy atom. The molecule has 8 heteroatoms. The molecule has 2 heterocycles. The molecule has 1 amide bonds. The zero-order chi connectivity index (χ0) is 13.3. The van der Waals surface area contributed by atoms with Crippen LogP contribution in [0.15, 0.2) is 6.20 Å². The van der Waals surface area contributed by atoms with Crippen LogP contribution in [-0.4, -0.2) is 53.6 Å². The van der Waals surface area contributed by atoms with E-state index in [9.17, 15) is 13.2 Å². The molecule has 2 rings (SSSR count). The van der Waals surface area contributed by atoms with Crippen LogP contribution < -0.4 is 5.73 Å². The van der Waals surface area contributed by atoms with E-state index in [2.05, 4.69) is 5.10 Å². The number of nitrogen functional groups attached to an aromatic ring is 1. The molecule has 1 aromatic rings. The predicted octanol–water partition coefficient (Wildman–Crippen LogP) is -0.737. The largest absolute Gasteiger partial charge is 0.396 e. The molecule has 1 aromatic heterocycles. The molecule has 7 nitrogen and oxygen atoms in total. The van der Waals surface area contributed by atoms with Gasteiger partial charge in [-0.2, -0.15) is 5.10 Å². The lowest BCUT2D eigenvalue weighted by atomic mass is 10.3. The lowest BCUT2D eigenvalue weighted by Crippen LogP contribution is -2.35. The molecule has 0 unspecified atom stereocenters. The Morgan fingerprint density at radius 3 is 2.72 bits per heavy atom. The molecule has 2 N–H and O–H groups in total. The van der Waals surface area contributed by atoms with E-state index in [-0.39, 0.29) is 24.0 Å². The van der Waals surface area contributed by atoms with Crippen molar-refractivity contribution in [2.45, 2.75) is 6.42 Å². The van der Waals surface area contributed by atoms with Crippen LogP contribution in [0.4, 0.5) is 5.69 Å². The molecule has 0 atom stereocenters. The van der Waals surface area contributed by atoms with Gasteiger partial charge in [0.25, 0.3) is 5.91 Å². The quantitative estimate of drug-likeness (QED) is 0.726. The maximum absolute atomic E-state index is 12.3. The van der Waals surface area contributed by atoms with E-state index in [1.165, 1.54) is 15.8 Å². The Morgan fingerprint density at radius 1 is 1.39 bits per heavy atom. The predicted molar refractivity (Wildman–Crippen MR) is 66.8 cm³/mol. The molecule has 0 aromatic carbocycles. The van der Waals surface area contributed by atoms with E-state index in [4.69, 9.17) is 5.73 Å². The smallest absolute Gasteiger partial charge is 0.274 e. The maximum Gasteiger partial charge on any atom is 0.274 e. The number of carbonyl (C=O) groups excluding carboxylic acids is 1. The van der Waals surface area contributed by atoms with Crippen molar-refractivity contribution < 1.29 is 13.2 Å². The average Bonchev–Trinajstić information content (AvgIpc) is 2.51. The number of amides is 1. The van der Waals surface area contributed by atoms with Crippen molar-refractivity contribution in [1.82, 2.24) is 14.7 Å². The van der Waals surface area contributed by atoms with Crippen molar-refractivity contribution in [2.75, 3.05) is 30.3 Å². The van der Waals surface area contributed by atoms with Gasteiger partial charge in [-0.3, -0.25) is 9.48 Å². The molecule has 0 bridgehead atoms. The summed E-state index contributed by atoms with van der Waals surface area (Å²) in [5, 5.41) is 3.91. The number of rotatable bonds is 1. The van der Waals surface area contributed by atoms with E-state index in [0.717, 1.165) is 0 Å². The number of aryl methyl sites for hydroxylation is 1. The van der Waals surface area contributed by atoms with Crippen LogP contribution in [0.5, 0.6) is 0 Å². The second-order valence-corrected chi connectivity index (χ2v) is 6.67. The van der Waals surface area contributed by atoms with E-state index in [0.29, 0.717) is 24.3 Å². The highest BCUT2D eigenvalue weighted by Crippen LogP contribution is 2.14. The van der Waals surface area contributed by atoms with Crippen LogP contribution in [0.2, 0.25) is 0 Å². The minimum Gasteiger partial charge on any atom is -0.396 e. The van der Waals surface area contributed by atoms with E-state index in [1.54, 1.807) is 7.05 Å². The second-order valence-electron chi connectivity index (χ2n) is 4.37. The molecule has 100 valence electrons. The Kier molecular flexibility index (Phi) is 3.29. The molecule has 1 fully saturated rings. The van der Waals surface area contributed by atoms with Gasteiger partial charge in [0.05, 0.1) is 23.4 Å². The number of sulfone groups is 1. The van der Waals surface area contributed by atoms with Gasteiger partial charge in [0.15, 0.2) is 9.84 Å². The van der Waals surface area contributed by atoms with Crippen LogP contribution >= 0.6 is 0 Å². The maximum atomic E-state index is 12.3. The summed E-state index contributed by atoms with van der Waals surface area (Å²) >= 11 is 0. The van der Waals surface area contributed by atoms with Crippen molar-refractivity contribution >= 4 is 21.4 Å². The van der Waals surface area contributed by atoms with Gasteiger partial charge in [0, 0.05) is 20.1 Å². The third-order valence-electron chi connectivity index (χ3n) is 3.01. The fourth-order valence-electron chi connectivity index (χ4n) is 2.01. The van der Waals surface area contributed by atoms with E-state index < -0.39 is 9.84 Å². The van der Waals surface area contributed by atoms with Crippen LogP contribution in [0.1, 0.15) is 16.9 Å². The minimum atomic E-state index is -3.02. The van der Waals surface area contributed by atoms with Crippen LogP contribution in [0, 0.1) is 0 Å². The van der Waals surface area contributed by atoms with Gasteiger partial charge in [-0.1, -0.05) is 0 Å². The molecule has 1 saturated heterocycles. The summed E-state index contributed by atoms with van der Waals surface area (Å²) in [5.41, 5.74) is 6.32. The summed E-state index contributed by atoms with van der Waals surface area (Å²) in [6.45, 7) is 0.647. The fourth-order valence-corrected chi connectivity index (χ4v) is 3.28. The monoisotopic (exact) mass is 272 g/mol. The number of nitrogens with zero attached hydrogens (tertiary/aromatic N) is 3. The Hall–Kier alpha value is -1.57. The van der Waals surface area contributed by atoms with Crippen LogP contribution in [0.25, 0.3) is 0 Å². The Labute approximate surface area is 105 Å². The molecule has 0 saturated carbocycles. The molecule has 0 radical (unpaired) electrons. The topological polar surface area (TPSA) is 98.3 Å². The van der Waals surface area contributed by atoms with Crippen molar-refractivity contribution in [3.05, 3.63) is 11.9 Å². The first-order valence-corrected chi connectivity index (χ1v) is 7.50. The zero-order valence-electron chi connectivity index (χ0n) is 10.2. The average molecular weight is 272 g/mol. The standard InChI is InChI=1S/C10H16N4O3S/c1-13-9(8(11)7-12-13)10(15)14-3-2-5-18(16,17)6-4-14/h7H,2-6,11H2,1H3. The first-order chi connectivity index (χ1) is 8.41. The molecule has 0 aliphatic carbocycles. The van der Waals surface area contributed by atoms with Gasteiger partial charge in [-0.05, 0) is 6.42 Å². The number of aromatic nitrogens is 2. The third kappa shape index (κ3) is 2.47. The van der Waals surface area contributed by atoms with Crippen LogP contribution in [-0.2, 0) is 16.9 Å². The highest BCUT2D eigenvalue weighted by Gasteiger charge is 2.26. The van der Waals surface area contributed by atoms with Gasteiger partial charge in [-0.25, -0.2) is 8.42 Å². The van der Waals surface area contributed by atoms with Gasteiger partial charge in [0.2, 0.25) is 0 Å². The summed E-state index contributed by atoms with van der Waals surface area (Å²) in [7, 11) is -1.39. The summed E-state index contributed by atoms with van der Waals surface area (Å²) in [4.78, 5) is 13.8. The third-order valence-corrected chi connectivity index (χ3v) is 4.73. The normalized spacial score (nSPS) is 19.5. The first kappa shape index (κ1) is 12.9. The highest BCUT2D eigenvalue weighted by molar-refractivity contribution is 7.91. The summed E-state index contributed by atoms with van der Waals surface area (Å²) in [6, 6.07) is 0. The van der Waals surface area contributed by atoms with Gasteiger partial charge >= 0.3 is 0 Å². The molecular weight excluding hydrogens is 256 g/mol. The number of hydrogen-bond donors (Lipinski definition) is 1. The number of anilines is 1. The van der Waals surface area contributed by atoms with Crippen molar-refractivity contribution in [3.63, 3.8) is 0 Å². The fraction of sp³-hybridized carbons (Fsp3) is 0.600. The SMILES string of the molecule is Cn1ncc(N)c1C(=O)N1CCCS(=O)(=O)CC1. The molecule has 1 aliphatic rings. The van der Waals surface area contributed by atoms with Crippen molar-refractivity contribution in [1.29, 1.82) is 0 Å². The van der Waals surface area contributed by atoms with Crippen molar-refractivity contribution in [3.8, 4) is 0 Å². The van der Waals surface area contributed by atoms with Crippen LogP contribution in [0.3, 0.4) is 0 Å². The first-order valence-electron chi connectivity index (χ1n) is 5.68. The molecular formula is C10H16N4O3S. The second kappa shape index (κ2) is 4.60. The van der Waals surface area contributed by atoms with Crippen molar-refractivity contribution in [2.24, 2.45) is 7.05 Å².